The standard InChI is InChI=1S/C17H15F3N2O3S/c1-2-24-14(23)8-6-16(7-8)13-12(22-15(21)26-13)10-4-3-9(17(18,19)20)5-11(10)25-16/h3-5,8H,2,6-7H2,1H3,(H2,21,22). The number of nitrogens with zero attached hydrogens (tertiary/aromatic N) is 1. The molecule has 1 aromatic heterocycles. The monoisotopic (exact) mass is 384 g/mol. The SMILES string of the molecule is CCOC(=O)C1CC2(C1)Oc1cc(C(F)(F)F)ccc1-c1nc(N)sc12. The van der Waals surface area contributed by atoms with Gasteiger partial charge in [-0.2, -0.15) is 13.2 Å². The number of carbonyl (C=O) groups is 1. The first-order valence-electron chi connectivity index (χ1n) is 8.07. The van der Waals surface area contributed by atoms with E-state index in [2.05, 4.69) is 4.98 Å². The van der Waals surface area contributed by atoms with Gasteiger partial charge in [-0.1, -0.05) is 11.3 Å². The molecule has 1 aliphatic heterocycles. The highest BCUT2D eigenvalue weighted by Gasteiger charge is 2.56. The Morgan fingerprint density at radius 3 is 2.85 bits per heavy atom. The summed E-state index contributed by atoms with van der Waals surface area (Å²) < 4.78 is 50.2. The first-order valence-corrected chi connectivity index (χ1v) is 8.89. The molecular formula is C17H15F3N2O3S. The van der Waals surface area contributed by atoms with Gasteiger partial charge in [-0.3, -0.25) is 4.79 Å². The molecule has 0 saturated heterocycles. The number of nitrogens with two attached hydrogens (primary N) is 1. The number of nitrogen functional groups attached to an aromatic ring is 1. The number of fused-ring (bicyclic) bond motifs is 4. The lowest BCUT2D eigenvalue weighted by Crippen LogP contribution is -2.50. The largest absolute Gasteiger partial charge is 0.481 e. The Kier molecular flexibility index (Phi) is 3.69. The van der Waals surface area contributed by atoms with Crippen LogP contribution in [0.2, 0.25) is 0 Å². The molecule has 0 bridgehead atoms. The summed E-state index contributed by atoms with van der Waals surface area (Å²) in [6, 6.07) is 3.33. The molecule has 0 unspecified atom stereocenters. The predicted octanol–water partition coefficient (Wildman–Crippen LogP) is 3.97. The lowest BCUT2D eigenvalue weighted by Gasteiger charge is -2.47. The molecule has 1 fully saturated rings. The molecule has 2 N–H and O–H groups in total. The van der Waals surface area contributed by atoms with Crippen LogP contribution in [0, 0.1) is 5.92 Å². The molecule has 138 valence electrons. The summed E-state index contributed by atoms with van der Waals surface area (Å²) in [6.45, 7) is 2.00. The van der Waals surface area contributed by atoms with Crippen molar-refractivity contribution in [3.05, 3.63) is 28.6 Å². The summed E-state index contributed by atoms with van der Waals surface area (Å²) in [5, 5.41) is 0.310. The molecule has 1 aromatic carbocycles. The minimum atomic E-state index is -4.47. The zero-order chi connectivity index (χ0) is 18.7. The van der Waals surface area contributed by atoms with Crippen LogP contribution < -0.4 is 10.5 Å². The Morgan fingerprint density at radius 1 is 1.46 bits per heavy atom. The van der Waals surface area contributed by atoms with Crippen LogP contribution in [0.4, 0.5) is 18.3 Å². The van der Waals surface area contributed by atoms with Crippen molar-refractivity contribution in [3.8, 4) is 17.0 Å². The summed E-state index contributed by atoms with van der Waals surface area (Å²) >= 11 is 1.24. The smallest absolute Gasteiger partial charge is 0.416 e. The van der Waals surface area contributed by atoms with Gasteiger partial charge in [0.1, 0.15) is 11.4 Å². The van der Waals surface area contributed by atoms with E-state index in [0.29, 0.717) is 29.2 Å². The number of aromatic nitrogens is 1. The van der Waals surface area contributed by atoms with E-state index < -0.39 is 17.3 Å². The number of alkyl halides is 3. The van der Waals surface area contributed by atoms with E-state index >= 15 is 0 Å². The lowest BCUT2D eigenvalue weighted by atomic mass is 9.68. The van der Waals surface area contributed by atoms with Gasteiger partial charge in [0.25, 0.3) is 0 Å². The minimum absolute atomic E-state index is 0.111. The van der Waals surface area contributed by atoms with Crippen LogP contribution in [0.25, 0.3) is 11.3 Å². The highest BCUT2D eigenvalue weighted by Crippen LogP contribution is 2.58. The van der Waals surface area contributed by atoms with E-state index in [1.807, 2.05) is 0 Å². The molecule has 1 saturated carbocycles. The number of thiazole rings is 1. The van der Waals surface area contributed by atoms with E-state index in [-0.39, 0.29) is 24.2 Å². The quantitative estimate of drug-likeness (QED) is 0.793. The first kappa shape index (κ1) is 17.1. The summed E-state index contributed by atoms with van der Waals surface area (Å²) in [6.07, 6.45) is -3.81. The molecule has 1 aliphatic carbocycles. The van der Waals surface area contributed by atoms with Gasteiger partial charge in [-0.05, 0) is 25.1 Å². The highest BCUT2D eigenvalue weighted by atomic mass is 32.1. The zero-order valence-corrected chi connectivity index (χ0v) is 14.5. The third kappa shape index (κ3) is 2.53. The van der Waals surface area contributed by atoms with Gasteiger partial charge in [-0.15, -0.1) is 0 Å². The number of rotatable bonds is 2. The van der Waals surface area contributed by atoms with Gasteiger partial charge in [0.15, 0.2) is 5.13 Å². The minimum Gasteiger partial charge on any atom is -0.481 e. The van der Waals surface area contributed by atoms with Crippen molar-refractivity contribution in [1.82, 2.24) is 4.98 Å². The lowest BCUT2D eigenvalue weighted by molar-refractivity contribution is -0.162. The third-order valence-electron chi connectivity index (χ3n) is 4.70. The van der Waals surface area contributed by atoms with E-state index in [4.69, 9.17) is 15.2 Å². The van der Waals surface area contributed by atoms with E-state index in [0.717, 1.165) is 17.0 Å². The zero-order valence-electron chi connectivity index (χ0n) is 13.7. The number of halogens is 3. The van der Waals surface area contributed by atoms with Crippen LogP contribution in [0.5, 0.6) is 5.75 Å². The Morgan fingerprint density at radius 2 is 2.19 bits per heavy atom. The van der Waals surface area contributed by atoms with Gasteiger partial charge in [0.05, 0.1) is 28.7 Å². The molecule has 2 aromatic rings. The molecular weight excluding hydrogens is 369 g/mol. The number of esters is 1. The van der Waals surface area contributed by atoms with Crippen LogP contribution in [0.3, 0.4) is 0 Å². The topological polar surface area (TPSA) is 74.4 Å². The van der Waals surface area contributed by atoms with Gasteiger partial charge in [0, 0.05) is 18.4 Å². The molecule has 0 amide bonds. The van der Waals surface area contributed by atoms with Crippen molar-refractivity contribution >= 4 is 22.4 Å². The molecule has 26 heavy (non-hydrogen) atoms. The fourth-order valence-corrected chi connectivity index (χ4v) is 4.49. The van der Waals surface area contributed by atoms with Crippen LogP contribution in [0.15, 0.2) is 18.2 Å². The van der Waals surface area contributed by atoms with Gasteiger partial charge in [0.2, 0.25) is 0 Å². The van der Waals surface area contributed by atoms with Crippen LogP contribution in [-0.2, 0) is 21.3 Å². The average molecular weight is 384 g/mol. The predicted molar refractivity (Wildman–Crippen MR) is 88.6 cm³/mol. The number of hydrogen-bond donors (Lipinski definition) is 1. The molecule has 9 heteroatoms. The summed E-state index contributed by atoms with van der Waals surface area (Å²) in [4.78, 5) is 17.0. The number of anilines is 1. The van der Waals surface area contributed by atoms with Crippen LogP contribution in [-0.4, -0.2) is 17.6 Å². The molecule has 4 rings (SSSR count). The van der Waals surface area contributed by atoms with Crippen molar-refractivity contribution in [3.63, 3.8) is 0 Å². The Hall–Kier alpha value is -2.29. The molecule has 2 aliphatic rings. The Labute approximate surface area is 150 Å². The van der Waals surface area contributed by atoms with Crippen LogP contribution in [0.1, 0.15) is 30.2 Å². The number of hydrogen-bond acceptors (Lipinski definition) is 6. The van der Waals surface area contributed by atoms with Crippen LogP contribution >= 0.6 is 11.3 Å². The van der Waals surface area contributed by atoms with Gasteiger partial charge in [-0.25, -0.2) is 4.98 Å². The Bertz CT molecular complexity index is 888. The van der Waals surface area contributed by atoms with Crippen molar-refractivity contribution in [2.45, 2.75) is 31.5 Å². The highest BCUT2D eigenvalue weighted by molar-refractivity contribution is 7.16. The molecule has 5 nitrogen and oxygen atoms in total. The maximum Gasteiger partial charge on any atom is 0.416 e. The second kappa shape index (κ2) is 5.60. The number of carbonyl (C=O) groups excluding carboxylic acids is 1. The molecule has 1 spiro atoms. The maximum absolute atomic E-state index is 13.0. The molecule has 0 radical (unpaired) electrons. The molecule has 0 atom stereocenters. The number of ether oxygens (including phenoxy) is 2. The summed E-state index contributed by atoms with van der Waals surface area (Å²) in [7, 11) is 0. The van der Waals surface area contributed by atoms with Crippen molar-refractivity contribution in [2.75, 3.05) is 12.3 Å². The van der Waals surface area contributed by atoms with Crippen molar-refractivity contribution in [2.24, 2.45) is 5.92 Å². The first-order chi connectivity index (χ1) is 12.2. The van der Waals surface area contributed by atoms with Gasteiger partial charge < -0.3 is 15.2 Å². The average Bonchev–Trinajstić information content (AvgIpc) is 2.92. The van der Waals surface area contributed by atoms with E-state index in [1.165, 1.54) is 17.4 Å². The summed E-state index contributed by atoms with van der Waals surface area (Å²) in [5.74, 6) is -0.561. The number of benzene rings is 1. The summed E-state index contributed by atoms with van der Waals surface area (Å²) in [5.41, 5.74) is 5.18. The van der Waals surface area contributed by atoms with Gasteiger partial charge >= 0.3 is 12.1 Å². The fourth-order valence-electron chi connectivity index (χ4n) is 3.50. The third-order valence-corrected chi connectivity index (χ3v) is 5.77. The van der Waals surface area contributed by atoms with E-state index in [1.54, 1.807) is 6.92 Å². The second-order valence-electron chi connectivity index (χ2n) is 6.39. The second-order valence-corrected chi connectivity index (χ2v) is 7.42. The fraction of sp³-hybridized carbons (Fsp3) is 0.412. The van der Waals surface area contributed by atoms with Crippen molar-refractivity contribution < 1.29 is 27.4 Å². The molecule has 2 heterocycles. The van der Waals surface area contributed by atoms with Crippen molar-refractivity contribution in [1.29, 1.82) is 0 Å². The normalized spacial score (nSPS) is 23.6. The Balaban J connectivity index is 1.74. The maximum atomic E-state index is 13.0. The van der Waals surface area contributed by atoms with E-state index in [9.17, 15) is 18.0 Å².